The van der Waals surface area contributed by atoms with Crippen molar-refractivity contribution in [2.45, 2.75) is 75.5 Å². The number of amides is 2. The number of nitrogens with two attached hydrogens (primary N) is 1. The first-order valence-corrected chi connectivity index (χ1v) is 14.1. The van der Waals surface area contributed by atoms with Gasteiger partial charge in [-0.1, -0.05) is 54.6 Å². The van der Waals surface area contributed by atoms with E-state index in [1.165, 1.54) is 0 Å². The molecule has 2 amide bonds. The fourth-order valence-electron chi connectivity index (χ4n) is 6.33. The van der Waals surface area contributed by atoms with Crippen molar-refractivity contribution in [1.29, 1.82) is 0 Å². The average Bonchev–Trinajstić information content (AvgIpc) is 2.93. The lowest BCUT2D eigenvalue weighted by molar-refractivity contribution is -0.132. The first-order valence-electron chi connectivity index (χ1n) is 14.1. The fraction of sp³-hybridized carbons (Fsp3) is 0.406. The molecule has 41 heavy (non-hydrogen) atoms. The Morgan fingerprint density at radius 3 is 2.24 bits per heavy atom. The third-order valence-electron chi connectivity index (χ3n) is 8.29. The third kappa shape index (κ3) is 6.80. The number of aromatic nitrogens is 1. The van der Waals surface area contributed by atoms with Gasteiger partial charge in [-0.05, 0) is 79.7 Å². The molecule has 0 radical (unpaired) electrons. The van der Waals surface area contributed by atoms with Gasteiger partial charge in [0.2, 0.25) is 5.91 Å². The monoisotopic (exact) mass is 562 g/mol. The number of hydrogen-bond acceptors (Lipinski definition) is 5. The Hall–Kier alpha value is -3.69. The number of rotatable bonds is 8. The van der Waals surface area contributed by atoms with E-state index in [2.05, 4.69) is 15.6 Å². The maximum Gasteiger partial charge on any atom is 0.315 e. The summed E-state index contributed by atoms with van der Waals surface area (Å²) in [5.41, 5.74) is 10.0. The number of carbonyl (C=O) groups excluding carboxylic acids is 2. The highest BCUT2D eigenvalue weighted by molar-refractivity contribution is 5.92. The molecular formula is C32H36F2N4O3. The van der Waals surface area contributed by atoms with Gasteiger partial charge in [-0.2, -0.15) is 8.78 Å². The van der Waals surface area contributed by atoms with Crippen LogP contribution in [0.25, 0.3) is 22.3 Å². The van der Waals surface area contributed by atoms with Gasteiger partial charge in [0.1, 0.15) is 5.82 Å². The number of nitrogens with zero attached hydrogens (tertiary/aromatic N) is 1. The van der Waals surface area contributed by atoms with Crippen molar-refractivity contribution in [2.24, 2.45) is 11.7 Å². The maximum atomic E-state index is 12.9. The van der Waals surface area contributed by atoms with E-state index in [-0.39, 0.29) is 17.9 Å². The lowest BCUT2D eigenvalue weighted by atomic mass is 9.63. The molecule has 5 N–H and O–H groups in total. The Morgan fingerprint density at radius 2 is 1.63 bits per heavy atom. The molecule has 2 aromatic carbocycles. The topological polar surface area (TPSA) is 117 Å². The molecule has 0 unspecified atom stereocenters. The Balaban J connectivity index is 1.27. The molecule has 2 aliphatic rings. The van der Waals surface area contributed by atoms with E-state index >= 15 is 0 Å². The van der Waals surface area contributed by atoms with Crippen LogP contribution in [0.1, 0.15) is 57.4 Å². The summed E-state index contributed by atoms with van der Waals surface area (Å²) in [6.07, 6.45) is 2.59. The Kier molecular flexibility index (Phi) is 8.20. The van der Waals surface area contributed by atoms with Crippen molar-refractivity contribution in [2.75, 3.05) is 5.32 Å². The standard InChI is InChI=1S/C32H36F2N4O3/c1-31(41)18-32(35,19-31)23-11-9-22(10-12-23)26-17-36-27(16-25(26)21-5-3-2-4-6-21)38-28(39)15-20-7-13-24(14-8-20)37-30(40)29(33)34/h2-6,9-12,16-17,20,24,29,41H,7-8,13-15,18-19,35H2,1H3,(H,37,40)(H,36,38,39)/t20-,24-,31?,32?. The minimum atomic E-state index is -3.01. The highest BCUT2D eigenvalue weighted by Gasteiger charge is 2.49. The summed E-state index contributed by atoms with van der Waals surface area (Å²) in [6, 6.07) is 19.5. The highest BCUT2D eigenvalue weighted by atomic mass is 19.3. The normalized spacial score (nSPS) is 25.8. The summed E-state index contributed by atoms with van der Waals surface area (Å²) in [5.74, 6) is -0.823. The van der Waals surface area contributed by atoms with Gasteiger partial charge in [-0.15, -0.1) is 0 Å². The molecule has 5 rings (SSSR count). The summed E-state index contributed by atoms with van der Waals surface area (Å²) >= 11 is 0. The number of alkyl halides is 2. The zero-order valence-corrected chi connectivity index (χ0v) is 23.1. The molecule has 0 aliphatic heterocycles. The van der Waals surface area contributed by atoms with Gasteiger partial charge < -0.3 is 21.5 Å². The Bertz CT molecular complexity index is 1380. The number of benzene rings is 2. The van der Waals surface area contributed by atoms with E-state index in [0.717, 1.165) is 27.8 Å². The molecule has 9 heteroatoms. The van der Waals surface area contributed by atoms with E-state index < -0.39 is 23.5 Å². The van der Waals surface area contributed by atoms with Crippen molar-refractivity contribution >= 4 is 17.6 Å². The molecule has 7 nitrogen and oxygen atoms in total. The van der Waals surface area contributed by atoms with Crippen LogP contribution in [-0.4, -0.2) is 40.0 Å². The van der Waals surface area contributed by atoms with Gasteiger partial charge in [0.05, 0.1) is 5.60 Å². The molecule has 1 heterocycles. The second-order valence-electron chi connectivity index (χ2n) is 11.8. The largest absolute Gasteiger partial charge is 0.390 e. The first-order chi connectivity index (χ1) is 19.5. The van der Waals surface area contributed by atoms with Crippen LogP contribution in [0.4, 0.5) is 14.6 Å². The number of hydrogen-bond donors (Lipinski definition) is 4. The molecule has 216 valence electrons. The molecule has 0 saturated heterocycles. The van der Waals surface area contributed by atoms with Crippen LogP contribution >= 0.6 is 0 Å². The van der Waals surface area contributed by atoms with E-state index in [9.17, 15) is 23.5 Å². The summed E-state index contributed by atoms with van der Waals surface area (Å²) in [4.78, 5) is 28.7. The smallest absolute Gasteiger partial charge is 0.315 e. The second-order valence-corrected chi connectivity index (χ2v) is 11.8. The number of nitrogens with one attached hydrogen (secondary N) is 2. The first kappa shape index (κ1) is 28.8. The molecule has 0 atom stereocenters. The van der Waals surface area contributed by atoms with E-state index in [0.29, 0.717) is 50.8 Å². The lowest BCUT2D eigenvalue weighted by Crippen LogP contribution is -2.58. The molecular weight excluding hydrogens is 526 g/mol. The summed E-state index contributed by atoms with van der Waals surface area (Å²) in [6.45, 7) is 1.80. The van der Waals surface area contributed by atoms with Crippen molar-refractivity contribution in [3.63, 3.8) is 0 Å². The van der Waals surface area contributed by atoms with Gasteiger partial charge >= 0.3 is 6.43 Å². The van der Waals surface area contributed by atoms with Crippen LogP contribution in [0.15, 0.2) is 66.9 Å². The van der Waals surface area contributed by atoms with Crippen molar-refractivity contribution < 1.29 is 23.5 Å². The summed E-state index contributed by atoms with van der Waals surface area (Å²) in [5, 5.41) is 15.5. The van der Waals surface area contributed by atoms with Gasteiger partial charge in [0.25, 0.3) is 5.91 Å². The minimum absolute atomic E-state index is 0.117. The molecule has 0 bridgehead atoms. The summed E-state index contributed by atoms with van der Waals surface area (Å²) in [7, 11) is 0. The number of anilines is 1. The van der Waals surface area contributed by atoms with Gasteiger partial charge in [-0.3, -0.25) is 9.59 Å². The predicted molar refractivity (Wildman–Crippen MR) is 154 cm³/mol. The van der Waals surface area contributed by atoms with Crippen LogP contribution in [0.3, 0.4) is 0 Å². The zero-order valence-electron chi connectivity index (χ0n) is 23.1. The van der Waals surface area contributed by atoms with Crippen LogP contribution in [0, 0.1) is 5.92 Å². The van der Waals surface area contributed by atoms with Crippen LogP contribution < -0.4 is 16.4 Å². The van der Waals surface area contributed by atoms with Crippen LogP contribution in [-0.2, 0) is 15.1 Å². The molecule has 1 aromatic heterocycles. The molecule has 2 saturated carbocycles. The van der Waals surface area contributed by atoms with E-state index in [1.807, 2.05) is 60.7 Å². The van der Waals surface area contributed by atoms with Crippen molar-refractivity contribution in [3.05, 3.63) is 72.4 Å². The Morgan fingerprint density at radius 1 is 1.00 bits per heavy atom. The predicted octanol–water partition coefficient (Wildman–Crippen LogP) is 5.38. The SMILES string of the molecule is CC1(O)CC(N)(c2ccc(-c3cnc(NC(=O)C[C@H]4CC[C@H](NC(=O)C(F)F)CC4)cc3-c3ccccc3)cc2)C1. The molecule has 3 aromatic rings. The van der Waals surface area contributed by atoms with Gasteiger partial charge in [0.15, 0.2) is 0 Å². The highest BCUT2D eigenvalue weighted by Crippen LogP contribution is 2.46. The molecule has 0 spiro atoms. The quantitative estimate of drug-likeness (QED) is 0.294. The lowest BCUT2D eigenvalue weighted by Gasteiger charge is -2.49. The molecule has 2 aliphatic carbocycles. The number of halogens is 2. The fourth-order valence-corrected chi connectivity index (χ4v) is 6.33. The average molecular weight is 563 g/mol. The van der Waals surface area contributed by atoms with Gasteiger partial charge in [0, 0.05) is 29.8 Å². The van der Waals surface area contributed by atoms with Crippen molar-refractivity contribution in [1.82, 2.24) is 10.3 Å². The van der Waals surface area contributed by atoms with Crippen LogP contribution in [0.2, 0.25) is 0 Å². The van der Waals surface area contributed by atoms with E-state index in [4.69, 9.17) is 5.73 Å². The number of pyridine rings is 1. The number of carbonyl (C=O) groups is 2. The number of aliphatic hydroxyl groups is 1. The minimum Gasteiger partial charge on any atom is -0.390 e. The maximum absolute atomic E-state index is 12.9. The van der Waals surface area contributed by atoms with Gasteiger partial charge in [-0.25, -0.2) is 4.98 Å². The van der Waals surface area contributed by atoms with Crippen molar-refractivity contribution in [3.8, 4) is 22.3 Å². The molecule has 2 fully saturated rings. The van der Waals surface area contributed by atoms with E-state index in [1.54, 1.807) is 13.1 Å². The third-order valence-corrected chi connectivity index (χ3v) is 8.29. The summed E-state index contributed by atoms with van der Waals surface area (Å²) < 4.78 is 25.0. The Labute approximate surface area is 238 Å². The van der Waals surface area contributed by atoms with Crippen LogP contribution in [0.5, 0.6) is 0 Å². The zero-order chi connectivity index (χ0) is 29.2. The second kappa shape index (κ2) is 11.7.